The molecule has 1 aliphatic rings. The van der Waals surface area contributed by atoms with Gasteiger partial charge in [0.1, 0.15) is 0 Å². The number of alkyl halides is 3. The summed E-state index contributed by atoms with van der Waals surface area (Å²) in [5.74, 6) is 0.510. The fourth-order valence-corrected chi connectivity index (χ4v) is 2.67. The molecule has 0 aromatic heterocycles. The largest absolute Gasteiger partial charge is 0.416 e. The lowest BCUT2D eigenvalue weighted by atomic mass is 9.89. The number of ether oxygens (including phenoxy) is 1. The Kier molecular flexibility index (Phi) is 5.05. The lowest BCUT2D eigenvalue weighted by molar-refractivity contribution is -0.137. The molecule has 1 heterocycles. The summed E-state index contributed by atoms with van der Waals surface area (Å²) in [4.78, 5) is 0. The first-order chi connectivity index (χ1) is 9.50. The van der Waals surface area contributed by atoms with Gasteiger partial charge in [-0.05, 0) is 49.9 Å². The van der Waals surface area contributed by atoms with Gasteiger partial charge >= 0.3 is 6.18 Å². The fourth-order valence-electron chi connectivity index (χ4n) is 2.67. The lowest BCUT2D eigenvalue weighted by Gasteiger charge is -2.27. The molecule has 20 heavy (non-hydrogen) atoms. The number of nitrogens with one attached hydrogen (secondary N) is 1. The van der Waals surface area contributed by atoms with E-state index < -0.39 is 11.7 Å². The number of benzene rings is 1. The Morgan fingerprint density at radius 1 is 1.30 bits per heavy atom. The standard InChI is InChI=1S/C15H20F3NO/c1-19-14(9-11-5-7-20-8-6-11)12-3-2-4-13(10-12)15(16,17)18/h2-4,10-11,14,19H,5-9H2,1H3. The first-order valence-electron chi connectivity index (χ1n) is 6.93. The fraction of sp³-hybridized carbons (Fsp3) is 0.600. The van der Waals surface area contributed by atoms with Crippen molar-refractivity contribution in [1.82, 2.24) is 5.32 Å². The molecule has 1 N–H and O–H groups in total. The highest BCUT2D eigenvalue weighted by atomic mass is 19.4. The van der Waals surface area contributed by atoms with Gasteiger partial charge in [0.2, 0.25) is 0 Å². The molecular weight excluding hydrogens is 267 g/mol. The smallest absolute Gasteiger partial charge is 0.381 e. The van der Waals surface area contributed by atoms with E-state index in [1.165, 1.54) is 12.1 Å². The van der Waals surface area contributed by atoms with Gasteiger partial charge in [0, 0.05) is 19.3 Å². The summed E-state index contributed by atoms with van der Waals surface area (Å²) < 4.78 is 43.6. The Balaban J connectivity index is 2.10. The van der Waals surface area contributed by atoms with Crippen LogP contribution in [0.1, 0.15) is 36.4 Å². The average molecular weight is 287 g/mol. The van der Waals surface area contributed by atoms with Gasteiger partial charge in [0.15, 0.2) is 0 Å². The molecule has 0 radical (unpaired) electrons. The number of hydrogen-bond donors (Lipinski definition) is 1. The predicted octanol–water partition coefficient (Wildman–Crippen LogP) is 3.78. The Labute approximate surface area is 117 Å². The van der Waals surface area contributed by atoms with E-state index in [1.54, 1.807) is 13.1 Å². The van der Waals surface area contributed by atoms with Crippen molar-refractivity contribution in [2.45, 2.75) is 31.5 Å². The van der Waals surface area contributed by atoms with Gasteiger partial charge in [-0.2, -0.15) is 13.2 Å². The van der Waals surface area contributed by atoms with E-state index in [9.17, 15) is 13.2 Å². The maximum Gasteiger partial charge on any atom is 0.416 e. The zero-order valence-electron chi connectivity index (χ0n) is 11.5. The van der Waals surface area contributed by atoms with E-state index in [-0.39, 0.29) is 6.04 Å². The summed E-state index contributed by atoms with van der Waals surface area (Å²) in [6.07, 6.45) is -1.47. The molecule has 2 rings (SSSR count). The zero-order valence-corrected chi connectivity index (χ0v) is 11.5. The van der Waals surface area contributed by atoms with Crippen molar-refractivity contribution in [3.05, 3.63) is 35.4 Å². The minimum Gasteiger partial charge on any atom is -0.381 e. The molecule has 112 valence electrons. The number of rotatable bonds is 4. The molecule has 1 aromatic carbocycles. The van der Waals surface area contributed by atoms with Crippen molar-refractivity contribution < 1.29 is 17.9 Å². The van der Waals surface area contributed by atoms with E-state index >= 15 is 0 Å². The Morgan fingerprint density at radius 2 is 2.00 bits per heavy atom. The molecule has 1 unspecified atom stereocenters. The molecule has 0 bridgehead atoms. The van der Waals surface area contributed by atoms with Crippen molar-refractivity contribution in [1.29, 1.82) is 0 Å². The van der Waals surface area contributed by atoms with Gasteiger partial charge in [-0.15, -0.1) is 0 Å². The Bertz CT molecular complexity index is 427. The SMILES string of the molecule is CNC(CC1CCOCC1)c1cccc(C(F)(F)F)c1. The highest BCUT2D eigenvalue weighted by Crippen LogP contribution is 2.33. The molecule has 5 heteroatoms. The van der Waals surface area contributed by atoms with E-state index in [0.717, 1.165) is 38.5 Å². The monoisotopic (exact) mass is 287 g/mol. The lowest BCUT2D eigenvalue weighted by Crippen LogP contribution is -2.24. The first kappa shape index (κ1) is 15.3. The van der Waals surface area contributed by atoms with E-state index in [2.05, 4.69) is 5.32 Å². The van der Waals surface area contributed by atoms with Crippen molar-refractivity contribution in [3.8, 4) is 0 Å². The van der Waals surface area contributed by atoms with Crippen molar-refractivity contribution in [2.24, 2.45) is 5.92 Å². The van der Waals surface area contributed by atoms with E-state index in [4.69, 9.17) is 4.74 Å². The third kappa shape index (κ3) is 3.96. The zero-order chi connectivity index (χ0) is 14.6. The second kappa shape index (κ2) is 6.59. The van der Waals surface area contributed by atoms with Gasteiger partial charge in [0.25, 0.3) is 0 Å². The molecule has 0 saturated carbocycles. The van der Waals surface area contributed by atoms with Gasteiger partial charge in [-0.25, -0.2) is 0 Å². The quantitative estimate of drug-likeness (QED) is 0.910. The van der Waals surface area contributed by atoms with Crippen LogP contribution in [0.2, 0.25) is 0 Å². The molecule has 1 fully saturated rings. The second-order valence-electron chi connectivity index (χ2n) is 5.26. The predicted molar refractivity (Wildman–Crippen MR) is 71.4 cm³/mol. The van der Waals surface area contributed by atoms with Gasteiger partial charge < -0.3 is 10.1 Å². The molecule has 1 saturated heterocycles. The van der Waals surface area contributed by atoms with Crippen molar-refractivity contribution in [2.75, 3.05) is 20.3 Å². The Hall–Kier alpha value is -1.07. The van der Waals surface area contributed by atoms with Crippen LogP contribution < -0.4 is 5.32 Å². The molecule has 0 amide bonds. The minimum absolute atomic E-state index is 0.0413. The van der Waals surface area contributed by atoms with Crippen LogP contribution >= 0.6 is 0 Å². The summed E-state index contributed by atoms with van der Waals surface area (Å²) in [6.45, 7) is 1.51. The van der Waals surface area contributed by atoms with Crippen LogP contribution in [-0.4, -0.2) is 20.3 Å². The van der Waals surface area contributed by atoms with Crippen molar-refractivity contribution in [3.63, 3.8) is 0 Å². The van der Waals surface area contributed by atoms with Crippen LogP contribution in [0.4, 0.5) is 13.2 Å². The van der Waals surface area contributed by atoms with Gasteiger partial charge in [-0.1, -0.05) is 12.1 Å². The Morgan fingerprint density at radius 3 is 2.60 bits per heavy atom. The summed E-state index contributed by atoms with van der Waals surface area (Å²) in [5.41, 5.74) is 0.121. The molecular formula is C15H20F3NO. The van der Waals surface area contributed by atoms with Gasteiger partial charge in [0.05, 0.1) is 5.56 Å². The van der Waals surface area contributed by atoms with Crippen LogP contribution in [0.5, 0.6) is 0 Å². The normalized spacial score (nSPS) is 19.0. The topological polar surface area (TPSA) is 21.3 Å². The van der Waals surface area contributed by atoms with Crippen LogP contribution in [0.3, 0.4) is 0 Å². The molecule has 1 aliphatic heterocycles. The van der Waals surface area contributed by atoms with Crippen LogP contribution in [0, 0.1) is 5.92 Å². The molecule has 1 aromatic rings. The van der Waals surface area contributed by atoms with Crippen LogP contribution in [0.15, 0.2) is 24.3 Å². The highest BCUT2D eigenvalue weighted by molar-refractivity contribution is 5.28. The van der Waals surface area contributed by atoms with Crippen LogP contribution in [-0.2, 0) is 10.9 Å². The number of halogens is 3. The van der Waals surface area contributed by atoms with Crippen LogP contribution in [0.25, 0.3) is 0 Å². The first-order valence-corrected chi connectivity index (χ1v) is 6.93. The summed E-state index contributed by atoms with van der Waals surface area (Å²) >= 11 is 0. The van der Waals surface area contributed by atoms with E-state index in [1.807, 2.05) is 0 Å². The minimum atomic E-state index is -4.28. The summed E-state index contributed by atoms with van der Waals surface area (Å²) in [6, 6.07) is 5.56. The third-order valence-electron chi connectivity index (χ3n) is 3.87. The summed E-state index contributed by atoms with van der Waals surface area (Å²) in [7, 11) is 1.80. The number of hydrogen-bond acceptors (Lipinski definition) is 2. The van der Waals surface area contributed by atoms with Crippen molar-refractivity contribution >= 4 is 0 Å². The second-order valence-corrected chi connectivity index (χ2v) is 5.26. The van der Waals surface area contributed by atoms with Gasteiger partial charge in [-0.3, -0.25) is 0 Å². The maximum absolute atomic E-state index is 12.8. The average Bonchev–Trinajstić information content (AvgIpc) is 2.45. The highest BCUT2D eigenvalue weighted by Gasteiger charge is 2.31. The molecule has 2 nitrogen and oxygen atoms in total. The molecule has 0 spiro atoms. The molecule has 1 atom stereocenters. The third-order valence-corrected chi connectivity index (χ3v) is 3.87. The summed E-state index contributed by atoms with van der Waals surface area (Å²) in [5, 5.41) is 3.14. The maximum atomic E-state index is 12.8. The van der Waals surface area contributed by atoms with E-state index in [0.29, 0.717) is 11.5 Å². The molecule has 0 aliphatic carbocycles.